The maximum Gasteiger partial charge on any atom is 0.257 e. The third-order valence-corrected chi connectivity index (χ3v) is 3.46. The molecule has 0 spiro atoms. The van der Waals surface area contributed by atoms with Crippen LogP contribution >= 0.6 is 0 Å². The van der Waals surface area contributed by atoms with E-state index in [-0.39, 0.29) is 17.6 Å². The summed E-state index contributed by atoms with van der Waals surface area (Å²) >= 11 is 0. The average Bonchev–Trinajstić information content (AvgIpc) is 2.45. The normalized spacial score (nSPS) is 21.1. The first-order chi connectivity index (χ1) is 9.96. The number of nitrogens with zero attached hydrogens (tertiary/aromatic N) is 1. The third kappa shape index (κ3) is 3.74. The van der Waals surface area contributed by atoms with Crippen molar-refractivity contribution in [1.29, 1.82) is 0 Å². The van der Waals surface area contributed by atoms with Crippen LogP contribution in [0, 0.1) is 0 Å². The van der Waals surface area contributed by atoms with Gasteiger partial charge in [0.15, 0.2) is 0 Å². The van der Waals surface area contributed by atoms with Crippen LogP contribution in [0.5, 0.6) is 5.75 Å². The summed E-state index contributed by atoms with van der Waals surface area (Å²) in [6.07, 6.45) is -0.114. The van der Waals surface area contributed by atoms with Gasteiger partial charge in [-0.25, -0.2) is 0 Å². The fraction of sp³-hybridized carbons (Fsp3) is 0.562. The molecule has 0 aliphatic carbocycles. The number of carbonyl (C=O) groups is 1. The molecule has 0 N–H and O–H groups in total. The Hall–Kier alpha value is -1.59. The molecule has 1 saturated heterocycles. The van der Waals surface area contributed by atoms with Gasteiger partial charge >= 0.3 is 0 Å². The van der Waals surface area contributed by atoms with E-state index in [0.29, 0.717) is 31.0 Å². The molecule has 1 atom stereocenters. The highest BCUT2D eigenvalue weighted by Gasteiger charge is 2.36. The number of ether oxygens (including phenoxy) is 3. The molecule has 5 heteroatoms. The number of benzene rings is 1. The van der Waals surface area contributed by atoms with Crippen LogP contribution in [0.4, 0.5) is 0 Å². The number of hydrogen-bond donors (Lipinski definition) is 0. The number of amides is 1. The van der Waals surface area contributed by atoms with E-state index >= 15 is 0 Å². The monoisotopic (exact) mass is 293 g/mol. The Labute approximate surface area is 125 Å². The minimum absolute atomic E-state index is 0.0371. The lowest BCUT2D eigenvalue weighted by molar-refractivity contribution is -0.143. The topological polar surface area (TPSA) is 48.0 Å². The van der Waals surface area contributed by atoms with Crippen LogP contribution in [-0.4, -0.2) is 56.4 Å². The SMILES string of the molecule is COCC1CN(C(=O)c2ccccc2OC)CC(C)(C)O1. The summed E-state index contributed by atoms with van der Waals surface area (Å²) in [5, 5.41) is 0. The van der Waals surface area contributed by atoms with Gasteiger partial charge in [-0.3, -0.25) is 4.79 Å². The summed E-state index contributed by atoms with van der Waals surface area (Å²) in [6.45, 7) is 5.51. The van der Waals surface area contributed by atoms with Crippen molar-refractivity contribution in [2.45, 2.75) is 25.6 Å². The molecule has 0 radical (unpaired) electrons. The molecule has 1 aromatic carbocycles. The molecule has 2 rings (SSSR count). The number of morpholine rings is 1. The van der Waals surface area contributed by atoms with Crippen molar-refractivity contribution in [3.8, 4) is 5.75 Å². The van der Waals surface area contributed by atoms with Gasteiger partial charge in [0.2, 0.25) is 0 Å². The van der Waals surface area contributed by atoms with Crippen LogP contribution < -0.4 is 4.74 Å². The molecule has 1 amide bonds. The predicted octanol–water partition coefficient (Wildman–Crippen LogP) is 1.96. The smallest absolute Gasteiger partial charge is 0.257 e. The molecule has 5 nitrogen and oxygen atoms in total. The maximum atomic E-state index is 12.8. The minimum Gasteiger partial charge on any atom is -0.496 e. The largest absolute Gasteiger partial charge is 0.496 e. The van der Waals surface area contributed by atoms with Gasteiger partial charge in [0.1, 0.15) is 5.75 Å². The Bertz CT molecular complexity index is 501. The Morgan fingerprint density at radius 1 is 1.38 bits per heavy atom. The fourth-order valence-corrected chi connectivity index (χ4v) is 2.71. The van der Waals surface area contributed by atoms with Crippen molar-refractivity contribution in [2.75, 3.05) is 33.9 Å². The standard InChI is InChI=1S/C16H23NO4/c1-16(2)11-17(9-12(21-16)10-19-3)15(18)13-7-5-6-8-14(13)20-4/h5-8,12H,9-11H2,1-4H3. The minimum atomic E-state index is -0.390. The van der Waals surface area contributed by atoms with E-state index in [1.54, 1.807) is 26.4 Å². The number of methoxy groups -OCH3 is 2. The van der Waals surface area contributed by atoms with E-state index in [1.807, 2.05) is 30.9 Å². The number of para-hydroxylation sites is 1. The predicted molar refractivity (Wildman–Crippen MR) is 79.7 cm³/mol. The van der Waals surface area contributed by atoms with E-state index in [1.165, 1.54) is 0 Å². The highest BCUT2D eigenvalue weighted by atomic mass is 16.5. The summed E-state index contributed by atoms with van der Waals surface area (Å²) in [5.41, 5.74) is 0.188. The van der Waals surface area contributed by atoms with Crippen LogP contribution in [0.25, 0.3) is 0 Å². The first kappa shape index (κ1) is 15.8. The van der Waals surface area contributed by atoms with Crippen molar-refractivity contribution in [2.24, 2.45) is 0 Å². The zero-order valence-electron chi connectivity index (χ0n) is 13.1. The van der Waals surface area contributed by atoms with Crippen molar-refractivity contribution in [1.82, 2.24) is 4.90 Å². The molecule has 21 heavy (non-hydrogen) atoms. The molecule has 116 valence electrons. The van der Waals surface area contributed by atoms with Gasteiger partial charge in [0.05, 0.1) is 31.0 Å². The molecule has 0 saturated carbocycles. The summed E-state index contributed by atoms with van der Waals surface area (Å²) in [6, 6.07) is 7.28. The third-order valence-electron chi connectivity index (χ3n) is 3.46. The van der Waals surface area contributed by atoms with Crippen molar-refractivity contribution < 1.29 is 19.0 Å². The van der Waals surface area contributed by atoms with Crippen molar-refractivity contribution in [3.05, 3.63) is 29.8 Å². The lowest BCUT2D eigenvalue weighted by Gasteiger charge is -2.42. The number of rotatable bonds is 4. The fourth-order valence-electron chi connectivity index (χ4n) is 2.71. The molecule has 1 heterocycles. The molecule has 1 aromatic rings. The first-order valence-corrected chi connectivity index (χ1v) is 7.06. The second kappa shape index (κ2) is 6.45. The Morgan fingerprint density at radius 3 is 2.76 bits per heavy atom. The highest BCUT2D eigenvalue weighted by Crippen LogP contribution is 2.25. The van der Waals surface area contributed by atoms with Gasteiger partial charge in [-0.05, 0) is 26.0 Å². The number of hydrogen-bond acceptors (Lipinski definition) is 4. The molecular weight excluding hydrogens is 270 g/mol. The van der Waals surface area contributed by atoms with Crippen LogP contribution in [0.15, 0.2) is 24.3 Å². The average molecular weight is 293 g/mol. The lowest BCUT2D eigenvalue weighted by atomic mass is 10.0. The van der Waals surface area contributed by atoms with Crippen molar-refractivity contribution >= 4 is 5.91 Å². The van der Waals surface area contributed by atoms with Crippen molar-refractivity contribution in [3.63, 3.8) is 0 Å². The molecule has 1 unspecified atom stereocenters. The van der Waals surface area contributed by atoms with Gasteiger partial charge in [-0.1, -0.05) is 12.1 Å². The zero-order valence-corrected chi connectivity index (χ0v) is 13.1. The summed E-state index contributed by atoms with van der Waals surface area (Å²) in [7, 11) is 3.21. The number of carbonyl (C=O) groups excluding carboxylic acids is 1. The zero-order chi connectivity index (χ0) is 15.5. The van der Waals surface area contributed by atoms with Gasteiger partial charge in [-0.15, -0.1) is 0 Å². The van der Waals surface area contributed by atoms with Crippen LogP contribution in [-0.2, 0) is 9.47 Å². The van der Waals surface area contributed by atoms with Gasteiger partial charge < -0.3 is 19.1 Å². The van der Waals surface area contributed by atoms with E-state index in [0.717, 1.165) is 0 Å². The maximum absolute atomic E-state index is 12.8. The molecular formula is C16H23NO4. The van der Waals surface area contributed by atoms with Crippen LogP contribution in [0.2, 0.25) is 0 Å². The summed E-state index contributed by atoms with van der Waals surface area (Å²) in [5.74, 6) is 0.556. The first-order valence-electron chi connectivity index (χ1n) is 7.06. The molecule has 1 aliphatic heterocycles. The Kier molecular flexibility index (Phi) is 4.85. The van der Waals surface area contributed by atoms with E-state index in [4.69, 9.17) is 14.2 Å². The summed E-state index contributed by atoms with van der Waals surface area (Å²) in [4.78, 5) is 14.6. The van der Waals surface area contributed by atoms with E-state index in [2.05, 4.69) is 0 Å². The Morgan fingerprint density at radius 2 is 2.10 bits per heavy atom. The van der Waals surface area contributed by atoms with Gasteiger partial charge in [0, 0.05) is 20.2 Å². The molecule has 0 bridgehead atoms. The quantitative estimate of drug-likeness (QED) is 0.851. The lowest BCUT2D eigenvalue weighted by Crippen LogP contribution is -2.55. The molecule has 1 fully saturated rings. The van der Waals surface area contributed by atoms with E-state index in [9.17, 15) is 4.79 Å². The van der Waals surface area contributed by atoms with Gasteiger partial charge in [0.25, 0.3) is 5.91 Å². The summed E-state index contributed by atoms with van der Waals surface area (Å²) < 4.78 is 16.4. The van der Waals surface area contributed by atoms with Crippen LogP contribution in [0.1, 0.15) is 24.2 Å². The Balaban J connectivity index is 2.21. The molecule has 1 aliphatic rings. The van der Waals surface area contributed by atoms with Crippen LogP contribution in [0.3, 0.4) is 0 Å². The van der Waals surface area contributed by atoms with Gasteiger partial charge in [-0.2, -0.15) is 0 Å². The molecule has 0 aromatic heterocycles. The van der Waals surface area contributed by atoms with E-state index < -0.39 is 0 Å². The second-order valence-electron chi connectivity index (χ2n) is 5.84. The second-order valence-corrected chi connectivity index (χ2v) is 5.84. The highest BCUT2D eigenvalue weighted by molar-refractivity contribution is 5.97.